The van der Waals surface area contributed by atoms with Gasteiger partial charge >= 0.3 is 5.97 Å². The standard InChI is InChI=1S/C25H33NO2/c1-3-4-5-24(27)28-23-9-8-21-19-7-6-16-15-22-17(11-13-26-22)14-20(16)18(19)10-12-25(21,23)2/h11,13-15,18-19,21,23,26H,3-10,12H2,1-2H3/t18?,19?,21?,23-,25-/m0/s1. The molecule has 1 heterocycles. The van der Waals surface area contributed by atoms with Crippen molar-refractivity contribution in [2.24, 2.45) is 17.3 Å². The van der Waals surface area contributed by atoms with E-state index in [1.807, 2.05) is 0 Å². The van der Waals surface area contributed by atoms with Crippen LogP contribution in [0.3, 0.4) is 0 Å². The molecule has 0 spiro atoms. The van der Waals surface area contributed by atoms with Crippen LogP contribution in [0, 0.1) is 17.3 Å². The predicted molar refractivity (Wildman–Crippen MR) is 112 cm³/mol. The molecule has 0 amide bonds. The Morgan fingerprint density at radius 2 is 2.14 bits per heavy atom. The molecule has 1 aromatic heterocycles. The number of benzene rings is 1. The number of hydrogen-bond acceptors (Lipinski definition) is 2. The summed E-state index contributed by atoms with van der Waals surface area (Å²) in [5.41, 5.74) is 4.62. The molecular formula is C25H33NO2. The zero-order valence-corrected chi connectivity index (χ0v) is 17.3. The van der Waals surface area contributed by atoms with E-state index in [0.717, 1.165) is 25.2 Å². The first-order valence-electron chi connectivity index (χ1n) is 11.4. The van der Waals surface area contributed by atoms with Crippen LogP contribution >= 0.6 is 0 Å². The van der Waals surface area contributed by atoms with Crippen molar-refractivity contribution in [1.82, 2.24) is 4.98 Å². The number of aromatic nitrogens is 1. The monoisotopic (exact) mass is 379 g/mol. The smallest absolute Gasteiger partial charge is 0.306 e. The van der Waals surface area contributed by atoms with Gasteiger partial charge in [0.1, 0.15) is 6.10 Å². The van der Waals surface area contributed by atoms with Crippen molar-refractivity contribution in [3.05, 3.63) is 35.5 Å². The number of ether oxygens (including phenoxy) is 1. The zero-order valence-electron chi connectivity index (χ0n) is 17.3. The summed E-state index contributed by atoms with van der Waals surface area (Å²) in [6.07, 6.45) is 12.0. The minimum atomic E-state index is 0.0275. The maximum absolute atomic E-state index is 12.3. The third-order valence-electron chi connectivity index (χ3n) is 8.32. The molecule has 3 unspecified atom stereocenters. The third-order valence-corrected chi connectivity index (χ3v) is 8.32. The van der Waals surface area contributed by atoms with Crippen LogP contribution in [-0.4, -0.2) is 17.1 Å². The third kappa shape index (κ3) is 2.81. The number of H-pyrrole nitrogens is 1. The summed E-state index contributed by atoms with van der Waals surface area (Å²) in [6.45, 7) is 4.55. The second-order valence-corrected chi connectivity index (χ2v) is 9.74. The second kappa shape index (κ2) is 6.93. The van der Waals surface area contributed by atoms with E-state index in [9.17, 15) is 4.79 Å². The molecule has 1 N–H and O–H groups in total. The van der Waals surface area contributed by atoms with E-state index in [1.165, 1.54) is 43.0 Å². The molecule has 5 atom stereocenters. The predicted octanol–water partition coefficient (Wildman–Crippen LogP) is 6.13. The Morgan fingerprint density at radius 3 is 3.00 bits per heavy atom. The minimum absolute atomic E-state index is 0.0275. The highest BCUT2D eigenvalue weighted by Gasteiger charge is 2.56. The lowest BCUT2D eigenvalue weighted by molar-refractivity contribution is -0.157. The molecule has 0 saturated heterocycles. The normalized spacial score (nSPS) is 33.9. The van der Waals surface area contributed by atoms with Crippen molar-refractivity contribution in [1.29, 1.82) is 0 Å². The van der Waals surface area contributed by atoms with Gasteiger partial charge < -0.3 is 9.72 Å². The van der Waals surface area contributed by atoms with Crippen LogP contribution in [0.4, 0.5) is 0 Å². The molecule has 28 heavy (non-hydrogen) atoms. The van der Waals surface area contributed by atoms with Gasteiger partial charge in [-0.05, 0) is 97.4 Å². The summed E-state index contributed by atoms with van der Waals surface area (Å²) in [6, 6.07) is 7.05. The first-order chi connectivity index (χ1) is 13.6. The van der Waals surface area contributed by atoms with Crippen molar-refractivity contribution in [3.8, 4) is 0 Å². The van der Waals surface area contributed by atoms with Crippen LogP contribution in [0.2, 0.25) is 0 Å². The number of aromatic amines is 1. The van der Waals surface area contributed by atoms with E-state index in [0.29, 0.717) is 18.3 Å². The summed E-state index contributed by atoms with van der Waals surface area (Å²) in [5, 5.41) is 1.35. The highest BCUT2D eigenvalue weighted by Crippen LogP contribution is 2.61. The van der Waals surface area contributed by atoms with E-state index >= 15 is 0 Å². The number of nitrogens with one attached hydrogen (secondary N) is 1. The number of carbonyl (C=O) groups is 1. The molecule has 2 fully saturated rings. The number of carbonyl (C=O) groups excluding carboxylic acids is 1. The van der Waals surface area contributed by atoms with Crippen LogP contribution < -0.4 is 0 Å². The van der Waals surface area contributed by atoms with E-state index in [1.54, 1.807) is 11.1 Å². The van der Waals surface area contributed by atoms with Crippen LogP contribution in [0.1, 0.15) is 82.3 Å². The highest BCUT2D eigenvalue weighted by atomic mass is 16.5. The van der Waals surface area contributed by atoms with E-state index in [2.05, 4.69) is 43.2 Å². The van der Waals surface area contributed by atoms with Gasteiger partial charge in [0.25, 0.3) is 0 Å². The molecule has 1 aromatic carbocycles. The van der Waals surface area contributed by atoms with Gasteiger partial charge in [0.05, 0.1) is 0 Å². The van der Waals surface area contributed by atoms with Gasteiger partial charge in [0, 0.05) is 23.5 Å². The van der Waals surface area contributed by atoms with Gasteiger partial charge in [-0.15, -0.1) is 0 Å². The molecule has 150 valence electrons. The lowest BCUT2D eigenvalue weighted by Gasteiger charge is -2.50. The minimum Gasteiger partial charge on any atom is -0.462 e. The SMILES string of the molecule is CCCCC(=O)O[C@H]1CCC2C3CCc4cc5[nH]ccc5cc4C3CC[C@@]21C. The topological polar surface area (TPSA) is 42.1 Å². The van der Waals surface area contributed by atoms with Gasteiger partial charge in [0.15, 0.2) is 0 Å². The Bertz CT molecular complexity index is 884. The zero-order chi connectivity index (χ0) is 19.3. The molecule has 2 aromatic rings. The van der Waals surface area contributed by atoms with Crippen molar-refractivity contribution >= 4 is 16.9 Å². The Labute approximate surface area is 168 Å². The van der Waals surface area contributed by atoms with Crippen LogP contribution in [-0.2, 0) is 16.0 Å². The maximum atomic E-state index is 12.3. The molecular weight excluding hydrogens is 346 g/mol. The van der Waals surface area contributed by atoms with Gasteiger partial charge in [-0.1, -0.05) is 20.3 Å². The van der Waals surface area contributed by atoms with Crippen molar-refractivity contribution in [3.63, 3.8) is 0 Å². The van der Waals surface area contributed by atoms with Crippen LogP contribution in [0.5, 0.6) is 0 Å². The largest absolute Gasteiger partial charge is 0.462 e. The molecule has 3 heteroatoms. The molecule has 3 nitrogen and oxygen atoms in total. The summed E-state index contributed by atoms with van der Waals surface area (Å²) in [4.78, 5) is 15.7. The molecule has 0 radical (unpaired) electrons. The van der Waals surface area contributed by atoms with Gasteiger partial charge in [-0.25, -0.2) is 0 Å². The van der Waals surface area contributed by atoms with Crippen molar-refractivity contribution < 1.29 is 9.53 Å². The number of esters is 1. The fourth-order valence-corrected chi connectivity index (χ4v) is 6.81. The average Bonchev–Trinajstić information content (AvgIpc) is 3.28. The number of hydrogen-bond donors (Lipinski definition) is 1. The Balaban J connectivity index is 1.38. The molecule has 0 aliphatic heterocycles. The quantitative estimate of drug-likeness (QED) is 0.650. The van der Waals surface area contributed by atoms with Crippen molar-refractivity contribution in [2.75, 3.05) is 0 Å². The van der Waals surface area contributed by atoms with Crippen molar-refractivity contribution in [2.45, 2.75) is 83.7 Å². The average molecular weight is 380 g/mol. The number of aryl methyl sites for hydroxylation is 1. The Kier molecular flexibility index (Phi) is 4.52. The second-order valence-electron chi connectivity index (χ2n) is 9.74. The van der Waals surface area contributed by atoms with Gasteiger partial charge in [-0.2, -0.15) is 0 Å². The van der Waals surface area contributed by atoms with Gasteiger partial charge in [0.2, 0.25) is 0 Å². The summed E-state index contributed by atoms with van der Waals surface area (Å²) < 4.78 is 6.04. The molecule has 3 aliphatic carbocycles. The summed E-state index contributed by atoms with van der Waals surface area (Å²) in [7, 11) is 0. The molecule has 0 bridgehead atoms. The van der Waals surface area contributed by atoms with E-state index in [-0.39, 0.29) is 17.5 Å². The van der Waals surface area contributed by atoms with E-state index < -0.39 is 0 Å². The number of rotatable bonds is 4. The lowest BCUT2D eigenvalue weighted by Crippen LogP contribution is -2.45. The number of unbranched alkanes of at least 4 members (excludes halogenated alkanes) is 1. The summed E-state index contributed by atoms with van der Waals surface area (Å²) >= 11 is 0. The first kappa shape index (κ1) is 18.3. The number of fused-ring (bicyclic) bond motifs is 6. The van der Waals surface area contributed by atoms with Crippen LogP contribution in [0.15, 0.2) is 24.4 Å². The van der Waals surface area contributed by atoms with Gasteiger partial charge in [-0.3, -0.25) is 4.79 Å². The highest BCUT2D eigenvalue weighted by molar-refractivity contribution is 5.81. The Morgan fingerprint density at radius 1 is 1.25 bits per heavy atom. The lowest BCUT2D eigenvalue weighted by atomic mass is 9.55. The first-order valence-corrected chi connectivity index (χ1v) is 11.4. The summed E-state index contributed by atoms with van der Waals surface area (Å²) in [5.74, 6) is 2.17. The molecule has 5 rings (SSSR count). The van der Waals surface area contributed by atoms with Crippen LogP contribution in [0.25, 0.3) is 10.9 Å². The van der Waals surface area contributed by atoms with E-state index in [4.69, 9.17) is 4.74 Å². The molecule has 3 aliphatic rings. The Hall–Kier alpha value is -1.77. The molecule has 2 saturated carbocycles. The fourth-order valence-electron chi connectivity index (χ4n) is 6.81. The fraction of sp³-hybridized carbons (Fsp3) is 0.640. The maximum Gasteiger partial charge on any atom is 0.306 e.